The molecule has 0 saturated carbocycles. The molecular formula is C12H14N2O2. The highest BCUT2D eigenvalue weighted by Gasteiger charge is 1.99. The zero-order valence-electron chi connectivity index (χ0n) is 9.16. The molecule has 16 heavy (non-hydrogen) atoms. The average molecular weight is 218 g/mol. The molecule has 0 aromatic heterocycles. The molecule has 1 aromatic rings. The summed E-state index contributed by atoms with van der Waals surface area (Å²) in [6, 6.07) is 7.57. The second-order valence-corrected chi connectivity index (χ2v) is 3.57. The molecule has 0 radical (unpaired) electrons. The largest absolute Gasteiger partial charge is 0.481 e. The van der Waals surface area contributed by atoms with Gasteiger partial charge in [-0.15, -0.1) is 0 Å². The molecule has 0 bridgehead atoms. The molecule has 0 saturated heterocycles. The summed E-state index contributed by atoms with van der Waals surface area (Å²) in [5.41, 5.74) is 2.50. The van der Waals surface area contributed by atoms with Crippen molar-refractivity contribution in [1.82, 2.24) is 0 Å². The number of carboxylic acid groups (broad SMARTS) is 1. The van der Waals surface area contributed by atoms with Crippen LogP contribution in [-0.4, -0.2) is 17.6 Å². The molecule has 0 aliphatic carbocycles. The van der Waals surface area contributed by atoms with Crippen LogP contribution in [-0.2, 0) is 4.79 Å². The van der Waals surface area contributed by atoms with Gasteiger partial charge in [-0.1, -0.05) is 0 Å². The van der Waals surface area contributed by atoms with Crippen molar-refractivity contribution in [1.29, 1.82) is 5.26 Å². The fourth-order valence-corrected chi connectivity index (χ4v) is 1.37. The maximum Gasteiger partial charge on any atom is 0.303 e. The fraction of sp³-hybridized carbons (Fsp3) is 0.333. The number of anilines is 1. The SMILES string of the molecule is Cc1cc(NCCCC(=O)O)ccc1C#N. The van der Waals surface area contributed by atoms with Gasteiger partial charge >= 0.3 is 5.97 Å². The van der Waals surface area contributed by atoms with Gasteiger partial charge in [0.2, 0.25) is 0 Å². The van der Waals surface area contributed by atoms with Crippen LogP contribution in [0.25, 0.3) is 0 Å². The van der Waals surface area contributed by atoms with Gasteiger partial charge in [0.1, 0.15) is 0 Å². The molecule has 4 heteroatoms. The molecule has 84 valence electrons. The third-order valence-electron chi connectivity index (χ3n) is 2.24. The Morgan fingerprint density at radius 1 is 1.56 bits per heavy atom. The molecule has 0 aliphatic rings. The van der Waals surface area contributed by atoms with E-state index in [4.69, 9.17) is 10.4 Å². The summed E-state index contributed by atoms with van der Waals surface area (Å²) in [5, 5.41) is 20.3. The Bertz CT molecular complexity index is 422. The maximum atomic E-state index is 10.3. The van der Waals surface area contributed by atoms with Gasteiger partial charge in [-0.25, -0.2) is 0 Å². The number of carboxylic acids is 1. The van der Waals surface area contributed by atoms with E-state index in [1.165, 1.54) is 0 Å². The molecule has 0 amide bonds. The normalized spacial score (nSPS) is 9.50. The molecule has 0 unspecified atom stereocenters. The lowest BCUT2D eigenvalue weighted by Gasteiger charge is -2.06. The van der Waals surface area contributed by atoms with E-state index in [-0.39, 0.29) is 6.42 Å². The van der Waals surface area contributed by atoms with E-state index in [1.54, 1.807) is 6.07 Å². The zero-order chi connectivity index (χ0) is 12.0. The highest BCUT2D eigenvalue weighted by atomic mass is 16.4. The van der Waals surface area contributed by atoms with E-state index in [1.807, 2.05) is 19.1 Å². The van der Waals surface area contributed by atoms with Crippen molar-refractivity contribution in [2.45, 2.75) is 19.8 Å². The number of carbonyl (C=O) groups is 1. The Morgan fingerprint density at radius 2 is 2.31 bits per heavy atom. The van der Waals surface area contributed by atoms with Crippen LogP contribution in [0.2, 0.25) is 0 Å². The highest BCUT2D eigenvalue weighted by molar-refractivity contribution is 5.66. The average Bonchev–Trinajstić information content (AvgIpc) is 2.24. The fourth-order valence-electron chi connectivity index (χ4n) is 1.37. The first-order valence-electron chi connectivity index (χ1n) is 5.10. The van der Waals surface area contributed by atoms with Gasteiger partial charge in [0.15, 0.2) is 0 Å². The smallest absolute Gasteiger partial charge is 0.303 e. The Balaban J connectivity index is 2.47. The summed E-state index contributed by atoms with van der Waals surface area (Å²) in [5.74, 6) is -0.780. The van der Waals surface area contributed by atoms with Gasteiger partial charge < -0.3 is 10.4 Å². The lowest BCUT2D eigenvalue weighted by molar-refractivity contribution is -0.137. The number of nitrogens with one attached hydrogen (secondary N) is 1. The molecular weight excluding hydrogens is 204 g/mol. The summed E-state index contributed by atoms with van der Waals surface area (Å²) in [4.78, 5) is 10.3. The first-order valence-corrected chi connectivity index (χ1v) is 5.10. The van der Waals surface area contributed by atoms with Crippen molar-refractivity contribution in [3.8, 4) is 6.07 Å². The van der Waals surface area contributed by atoms with Crippen LogP contribution < -0.4 is 5.32 Å². The van der Waals surface area contributed by atoms with E-state index < -0.39 is 5.97 Å². The summed E-state index contributed by atoms with van der Waals surface area (Å²) in [6.07, 6.45) is 0.761. The Kier molecular flexibility index (Phi) is 4.34. The van der Waals surface area contributed by atoms with Crippen molar-refractivity contribution >= 4 is 11.7 Å². The van der Waals surface area contributed by atoms with Crippen molar-refractivity contribution in [3.63, 3.8) is 0 Å². The molecule has 0 fully saturated rings. The Hall–Kier alpha value is -2.02. The predicted molar refractivity (Wildman–Crippen MR) is 61.3 cm³/mol. The van der Waals surface area contributed by atoms with Crippen molar-refractivity contribution in [3.05, 3.63) is 29.3 Å². The second-order valence-electron chi connectivity index (χ2n) is 3.57. The van der Waals surface area contributed by atoms with Gasteiger partial charge in [0, 0.05) is 18.7 Å². The number of aryl methyl sites for hydroxylation is 1. The predicted octanol–water partition coefficient (Wildman–Crippen LogP) is 2.14. The van der Waals surface area contributed by atoms with Crippen LogP contribution in [0, 0.1) is 18.3 Å². The van der Waals surface area contributed by atoms with Crippen molar-refractivity contribution < 1.29 is 9.90 Å². The van der Waals surface area contributed by atoms with Gasteiger partial charge in [-0.3, -0.25) is 4.79 Å². The minimum absolute atomic E-state index is 0.169. The monoisotopic (exact) mass is 218 g/mol. The molecule has 1 aromatic carbocycles. The summed E-state index contributed by atoms with van der Waals surface area (Å²) >= 11 is 0. The standard InChI is InChI=1S/C12H14N2O2/c1-9-7-11(5-4-10(9)8-13)14-6-2-3-12(15)16/h4-5,7,14H,2-3,6H2,1H3,(H,15,16). The van der Waals surface area contributed by atoms with Crippen molar-refractivity contribution in [2.24, 2.45) is 0 Å². The highest BCUT2D eigenvalue weighted by Crippen LogP contribution is 2.14. The molecule has 2 N–H and O–H groups in total. The van der Waals surface area contributed by atoms with E-state index in [0.717, 1.165) is 11.3 Å². The quantitative estimate of drug-likeness (QED) is 0.742. The first kappa shape index (κ1) is 12.1. The number of hydrogen-bond acceptors (Lipinski definition) is 3. The minimum Gasteiger partial charge on any atom is -0.481 e. The number of rotatable bonds is 5. The van der Waals surface area contributed by atoms with Gasteiger partial charge in [-0.2, -0.15) is 5.26 Å². The van der Waals surface area contributed by atoms with Crippen LogP contribution in [0.3, 0.4) is 0 Å². The number of nitrogens with zero attached hydrogens (tertiary/aromatic N) is 1. The minimum atomic E-state index is -0.780. The topological polar surface area (TPSA) is 73.1 Å². The van der Waals surface area contributed by atoms with Crippen LogP contribution in [0.1, 0.15) is 24.0 Å². The summed E-state index contributed by atoms with van der Waals surface area (Å²) < 4.78 is 0. The second kappa shape index (κ2) is 5.76. The Morgan fingerprint density at radius 3 is 2.88 bits per heavy atom. The number of hydrogen-bond donors (Lipinski definition) is 2. The summed E-state index contributed by atoms with van der Waals surface area (Å²) in [6.45, 7) is 2.50. The lowest BCUT2D eigenvalue weighted by atomic mass is 10.1. The maximum absolute atomic E-state index is 10.3. The zero-order valence-corrected chi connectivity index (χ0v) is 9.16. The number of benzene rings is 1. The molecule has 0 heterocycles. The van der Waals surface area contributed by atoms with E-state index in [9.17, 15) is 4.79 Å². The lowest BCUT2D eigenvalue weighted by Crippen LogP contribution is -2.05. The molecule has 0 spiro atoms. The van der Waals surface area contributed by atoms with Gasteiger partial charge in [0.25, 0.3) is 0 Å². The van der Waals surface area contributed by atoms with Gasteiger partial charge in [0.05, 0.1) is 11.6 Å². The Labute approximate surface area is 94.5 Å². The number of nitriles is 1. The van der Waals surface area contributed by atoms with Crippen LogP contribution in [0.5, 0.6) is 0 Å². The molecule has 0 aliphatic heterocycles. The summed E-state index contributed by atoms with van der Waals surface area (Å²) in [7, 11) is 0. The van der Waals surface area contributed by atoms with E-state index >= 15 is 0 Å². The molecule has 1 rings (SSSR count). The molecule has 0 atom stereocenters. The van der Waals surface area contributed by atoms with E-state index in [0.29, 0.717) is 18.5 Å². The third kappa shape index (κ3) is 3.62. The van der Waals surface area contributed by atoms with Crippen molar-refractivity contribution in [2.75, 3.05) is 11.9 Å². The van der Waals surface area contributed by atoms with Gasteiger partial charge in [-0.05, 0) is 37.1 Å². The van der Waals surface area contributed by atoms with Crippen LogP contribution >= 0.6 is 0 Å². The van der Waals surface area contributed by atoms with Crippen LogP contribution in [0.4, 0.5) is 5.69 Å². The molecule has 4 nitrogen and oxygen atoms in total. The third-order valence-corrected chi connectivity index (χ3v) is 2.24. The number of aliphatic carboxylic acids is 1. The van der Waals surface area contributed by atoms with Crippen LogP contribution in [0.15, 0.2) is 18.2 Å². The first-order chi connectivity index (χ1) is 7.63. The van der Waals surface area contributed by atoms with E-state index in [2.05, 4.69) is 11.4 Å².